The predicted octanol–water partition coefficient (Wildman–Crippen LogP) is 2.66. The molecule has 4 nitrogen and oxygen atoms in total. The Labute approximate surface area is 99.6 Å². The van der Waals surface area contributed by atoms with E-state index < -0.39 is 0 Å². The van der Waals surface area contributed by atoms with Crippen LogP contribution in [0, 0.1) is 0 Å². The van der Waals surface area contributed by atoms with Gasteiger partial charge in [0.25, 0.3) is 0 Å². The number of rotatable bonds is 4. The summed E-state index contributed by atoms with van der Waals surface area (Å²) in [5.41, 5.74) is 2.20. The number of fused-ring (bicyclic) bond motifs is 1. The lowest BCUT2D eigenvalue weighted by Gasteiger charge is -2.10. The van der Waals surface area contributed by atoms with E-state index in [4.69, 9.17) is 4.42 Å². The molecule has 2 aromatic rings. The van der Waals surface area contributed by atoms with Gasteiger partial charge in [-0.2, -0.15) is 0 Å². The molecular weight excluding hydrogens is 216 g/mol. The van der Waals surface area contributed by atoms with E-state index in [9.17, 15) is 4.79 Å². The first-order valence-corrected chi connectivity index (χ1v) is 5.80. The van der Waals surface area contributed by atoms with Gasteiger partial charge in [0.05, 0.1) is 0 Å². The maximum Gasteiger partial charge on any atom is 0.336 e. The highest BCUT2D eigenvalue weighted by Gasteiger charge is 2.05. The minimum absolute atomic E-state index is 0.325. The molecule has 0 saturated carbocycles. The molecule has 1 aromatic carbocycles. The van der Waals surface area contributed by atoms with E-state index in [-0.39, 0.29) is 5.63 Å². The molecule has 1 aromatic heterocycles. The third-order valence-electron chi connectivity index (χ3n) is 2.49. The summed E-state index contributed by atoms with van der Waals surface area (Å²) in [5, 5.41) is 7.41. The van der Waals surface area contributed by atoms with Crippen LogP contribution in [0.1, 0.15) is 13.8 Å². The fraction of sp³-hybridized carbons (Fsp3) is 0.308. The number of hydrogen-bond donors (Lipinski definition) is 2. The zero-order valence-corrected chi connectivity index (χ0v) is 10.0. The molecule has 17 heavy (non-hydrogen) atoms. The largest absolute Gasteiger partial charge is 0.423 e. The van der Waals surface area contributed by atoms with Gasteiger partial charge in [0.2, 0.25) is 0 Å². The summed E-state index contributed by atoms with van der Waals surface area (Å²) >= 11 is 0. The highest BCUT2D eigenvalue weighted by molar-refractivity contribution is 5.93. The van der Waals surface area contributed by atoms with E-state index in [1.807, 2.05) is 26.0 Å². The normalized spacial score (nSPS) is 10.5. The Hall–Kier alpha value is -1.97. The van der Waals surface area contributed by atoms with Crippen molar-refractivity contribution in [3.8, 4) is 0 Å². The molecule has 0 unspecified atom stereocenters. The van der Waals surface area contributed by atoms with Crippen LogP contribution in [0.3, 0.4) is 0 Å². The Kier molecular flexibility index (Phi) is 3.32. The van der Waals surface area contributed by atoms with Crippen molar-refractivity contribution in [3.05, 3.63) is 34.7 Å². The number of anilines is 2. The van der Waals surface area contributed by atoms with Crippen molar-refractivity contribution >= 4 is 22.3 Å². The first-order chi connectivity index (χ1) is 8.24. The SMILES string of the molecule is CCNc1cc(NCC)c2ccc(=O)oc2c1. The molecule has 1 heterocycles. The first-order valence-electron chi connectivity index (χ1n) is 5.80. The van der Waals surface area contributed by atoms with Crippen LogP contribution in [-0.4, -0.2) is 13.1 Å². The highest BCUT2D eigenvalue weighted by atomic mass is 16.4. The van der Waals surface area contributed by atoms with E-state index in [0.29, 0.717) is 5.58 Å². The van der Waals surface area contributed by atoms with Crippen LogP contribution in [0.15, 0.2) is 33.5 Å². The Morgan fingerprint density at radius 1 is 1.12 bits per heavy atom. The van der Waals surface area contributed by atoms with Crippen molar-refractivity contribution in [2.24, 2.45) is 0 Å². The zero-order valence-electron chi connectivity index (χ0n) is 10.0. The van der Waals surface area contributed by atoms with Gasteiger partial charge in [-0.05, 0) is 26.0 Å². The van der Waals surface area contributed by atoms with Crippen LogP contribution in [0.2, 0.25) is 0 Å². The van der Waals surface area contributed by atoms with Crippen molar-refractivity contribution in [1.29, 1.82) is 0 Å². The molecule has 0 spiro atoms. The summed E-state index contributed by atoms with van der Waals surface area (Å²) < 4.78 is 5.20. The lowest BCUT2D eigenvalue weighted by Crippen LogP contribution is -2.03. The second kappa shape index (κ2) is 4.91. The third kappa shape index (κ3) is 2.41. The summed E-state index contributed by atoms with van der Waals surface area (Å²) in [5.74, 6) is 0. The molecule has 0 saturated heterocycles. The summed E-state index contributed by atoms with van der Waals surface area (Å²) in [6.45, 7) is 5.71. The number of benzene rings is 1. The minimum Gasteiger partial charge on any atom is -0.423 e. The number of nitrogens with one attached hydrogen (secondary N) is 2. The average Bonchev–Trinajstić information content (AvgIpc) is 2.29. The quantitative estimate of drug-likeness (QED) is 0.796. The van der Waals surface area contributed by atoms with Crippen LogP contribution in [0.5, 0.6) is 0 Å². The average molecular weight is 232 g/mol. The molecule has 90 valence electrons. The van der Waals surface area contributed by atoms with Crippen molar-refractivity contribution in [2.75, 3.05) is 23.7 Å². The van der Waals surface area contributed by atoms with E-state index >= 15 is 0 Å². The fourth-order valence-corrected chi connectivity index (χ4v) is 1.82. The van der Waals surface area contributed by atoms with Gasteiger partial charge >= 0.3 is 5.63 Å². The molecule has 0 radical (unpaired) electrons. The van der Waals surface area contributed by atoms with E-state index in [1.54, 1.807) is 6.07 Å². The van der Waals surface area contributed by atoms with Crippen molar-refractivity contribution in [3.63, 3.8) is 0 Å². The molecule has 0 aliphatic carbocycles. The van der Waals surface area contributed by atoms with Gasteiger partial charge in [-0.25, -0.2) is 4.79 Å². The van der Waals surface area contributed by atoms with E-state index in [1.165, 1.54) is 6.07 Å². The number of hydrogen-bond acceptors (Lipinski definition) is 4. The van der Waals surface area contributed by atoms with Crippen LogP contribution in [0.25, 0.3) is 11.0 Å². The molecule has 2 rings (SSSR count). The molecule has 0 aliphatic rings. The lowest BCUT2D eigenvalue weighted by molar-refractivity contribution is 0.561. The highest BCUT2D eigenvalue weighted by Crippen LogP contribution is 2.27. The monoisotopic (exact) mass is 232 g/mol. The van der Waals surface area contributed by atoms with Gasteiger partial charge in [-0.15, -0.1) is 0 Å². The van der Waals surface area contributed by atoms with Gasteiger partial charge in [0.15, 0.2) is 0 Å². The zero-order chi connectivity index (χ0) is 12.3. The van der Waals surface area contributed by atoms with Gasteiger partial charge in [0.1, 0.15) is 5.58 Å². The van der Waals surface area contributed by atoms with Crippen LogP contribution in [0.4, 0.5) is 11.4 Å². The second-order valence-corrected chi connectivity index (χ2v) is 3.75. The molecule has 2 N–H and O–H groups in total. The standard InChI is InChI=1S/C13H16N2O2/c1-3-14-9-7-11(15-4-2)10-5-6-13(16)17-12(10)8-9/h5-8,14-15H,3-4H2,1-2H3. The summed E-state index contributed by atoms with van der Waals surface area (Å²) in [6, 6.07) is 7.10. The summed E-state index contributed by atoms with van der Waals surface area (Å²) in [6.07, 6.45) is 0. The lowest BCUT2D eigenvalue weighted by atomic mass is 10.1. The topological polar surface area (TPSA) is 54.3 Å². The molecule has 0 amide bonds. The maximum absolute atomic E-state index is 11.2. The van der Waals surface area contributed by atoms with Crippen LogP contribution >= 0.6 is 0 Å². The Balaban J connectivity index is 2.62. The van der Waals surface area contributed by atoms with Gasteiger partial charge < -0.3 is 15.1 Å². The predicted molar refractivity (Wildman–Crippen MR) is 70.8 cm³/mol. The molecule has 0 aliphatic heterocycles. The summed E-state index contributed by atoms with van der Waals surface area (Å²) in [4.78, 5) is 11.2. The van der Waals surface area contributed by atoms with Gasteiger partial charge in [-0.3, -0.25) is 0 Å². The van der Waals surface area contributed by atoms with Crippen LogP contribution in [-0.2, 0) is 0 Å². The molecule has 0 bridgehead atoms. The molecule has 0 fully saturated rings. The van der Waals surface area contributed by atoms with E-state index in [0.717, 1.165) is 29.9 Å². The smallest absolute Gasteiger partial charge is 0.336 e. The molecule has 4 heteroatoms. The summed E-state index contributed by atoms with van der Waals surface area (Å²) in [7, 11) is 0. The van der Waals surface area contributed by atoms with Crippen molar-refractivity contribution < 1.29 is 4.42 Å². The van der Waals surface area contributed by atoms with Crippen molar-refractivity contribution in [1.82, 2.24) is 0 Å². The molecule has 0 atom stereocenters. The Bertz CT molecular complexity index is 575. The Morgan fingerprint density at radius 2 is 1.88 bits per heavy atom. The second-order valence-electron chi connectivity index (χ2n) is 3.75. The Morgan fingerprint density at radius 3 is 2.59 bits per heavy atom. The third-order valence-corrected chi connectivity index (χ3v) is 2.49. The van der Waals surface area contributed by atoms with Gasteiger partial charge in [-0.1, -0.05) is 0 Å². The van der Waals surface area contributed by atoms with Crippen molar-refractivity contribution in [2.45, 2.75) is 13.8 Å². The first kappa shape index (κ1) is 11.5. The van der Waals surface area contributed by atoms with E-state index in [2.05, 4.69) is 10.6 Å². The minimum atomic E-state index is -0.325. The fourth-order valence-electron chi connectivity index (χ4n) is 1.82. The maximum atomic E-state index is 11.2. The van der Waals surface area contributed by atoms with Gasteiger partial charge in [0, 0.05) is 42.0 Å². The molecular formula is C13H16N2O2. The van der Waals surface area contributed by atoms with Crippen LogP contribution < -0.4 is 16.3 Å².